The van der Waals surface area contributed by atoms with Gasteiger partial charge >= 0.3 is 12.3 Å². The van der Waals surface area contributed by atoms with Gasteiger partial charge in [0.05, 0.1) is 41.0 Å². The van der Waals surface area contributed by atoms with Crippen LogP contribution in [0.1, 0.15) is 43.8 Å². The highest BCUT2D eigenvalue weighted by molar-refractivity contribution is 7.98. The van der Waals surface area contributed by atoms with E-state index < -0.39 is 17.8 Å². The molecule has 2 aliphatic heterocycles. The number of thioether (sulfide) groups is 1. The molecule has 1 unspecified atom stereocenters. The average Bonchev–Trinajstić information content (AvgIpc) is 3.42. The zero-order valence-corrected chi connectivity index (χ0v) is 20.0. The molecule has 35 heavy (non-hydrogen) atoms. The number of carbonyl (C=O) groups is 1. The summed E-state index contributed by atoms with van der Waals surface area (Å²) in [6.07, 6.45) is -1.62. The highest BCUT2D eigenvalue weighted by atomic mass is 32.2. The summed E-state index contributed by atoms with van der Waals surface area (Å²) in [6.45, 7) is 6.26. The second-order valence-electron chi connectivity index (χ2n) is 8.78. The van der Waals surface area contributed by atoms with E-state index in [0.717, 1.165) is 17.5 Å². The highest BCUT2D eigenvalue weighted by Crippen LogP contribution is 2.41. The minimum Gasteiger partial charge on any atom is -0.447 e. The summed E-state index contributed by atoms with van der Waals surface area (Å²) in [5.74, 6) is 1.45. The van der Waals surface area contributed by atoms with E-state index in [1.54, 1.807) is 23.5 Å². The number of halogens is 3. The van der Waals surface area contributed by atoms with Crippen molar-refractivity contribution in [1.29, 1.82) is 0 Å². The lowest BCUT2D eigenvalue weighted by Crippen LogP contribution is -2.37. The first kappa shape index (κ1) is 23.5. The maximum atomic E-state index is 13.1. The Bertz CT molecular complexity index is 1280. The molecule has 1 saturated heterocycles. The summed E-state index contributed by atoms with van der Waals surface area (Å²) in [4.78, 5) is 27.7. The third kappa shape index (κ3) is 4.30. The van der Waals surface area contributed by atoms with Gasteiger partial charge in [-0.3, -0.25) is 4.90 Å². The molecule has 0 aliphatic carbocycles. The van der Waals surface area contributed by atoms with Gasteiger partial charge in [-0.15, -0.1) is 11.8 Å². The van der Waals surface area contributed by atoms with Crippen LogP contribution in [0.3, 0.4) is 0 Å². The zero-order chi connectivity index (χ0) is 24.9. The number of benzene rings is 1. The van der Waals surface area contributed by atoms with Crippen LogP contribution in [0.25, 0.3) is 5.69 Å². The van der Waals surface area contributed by atoms with Crippen LogP contribution < -0.4 is 10.2 Å². The largest absolute Gasteiger partial charge is 0.447 e. The lowest BCUT2D eigenvalue weighted by molar-refractivity contribution is -0.137. The fourth-order valence-corrected chi connectivity index (χ4v) is 5.36. The number of rotatable bonds is 5. The number of cyclic esters (lactones) is 1. The van der Waals surface area contributed by atoms with Crippen molar-refractivity contribution in [3.8, 4) is 5.69 Å². The number of hydrogen-bond donors (Lipinski definition) is 1. The van der Waals surface area contributed by atoms with Crippen molar-refractivity contribution >= 4 is 29.6 Å². The SMILES string of the molecule is CC(Nc1nccc(N2C(=O)OC[C@@H]2C(C)C)n1)c1ncn2c1CSc1cc(C(F)(F)F)ccc1-2. The number of amides is 1. The van der Waals surface area contributed by atoms with Gasteiger partial charge in [0.25, 0.3) is 0 Å². The van der Waals surface area contributed by atoms with E-state index in [2.05, 4.69) is 20.3 Å². The minimum absolute atomic E-state index is 0.113. The standard InChI is InChI=1S/C23H23F3N6O2S/c1-12(2)16-9-34-22(33)32(16)19-6-7-27-21(30-19)29-13(3)20-17-10-35-18-8-14(23(24,25)26)4-5-15(18)31(17)11-28-20/h4-8,11-13,16H,9-10H2,1-3H3,(H,27,29,30)/t13?,16-/m1/s1. The Hall–Kier alpha value is -3.28. The molecule has 1 N–H and O–H groups in total. The number of hydrogen-bond acceptors (Lipinski definition) is 7. The minimum atomic E-state index is -4.38. The predicted molar refractivity (Wildman–Crippen MR) is 125 cm³/mol. The number of nitrogens with zero attached hydrogens (tertiary/aromatic N) is 5. The zero-order valence-electron chi connectivity index (χ0n) is 19.2. The summed E-state index contributed by atoms with van der Waals surface area (Å²) in [5, 5.41) is 3.24. The van der Waals surface area contributed by atoms with E-state index in [9.17, 15) is 18.0 Å². The van der Waals surface area contributed by atoms with Crippen molar-refractivity contribution in [2.24, 2.45) is 5.92 Å². The predicted octanol–water partition coefficient (Wildman–Crippen LogP) is 5.44. The van der Waals surface area contributed by atoms with Gasteiger partial charge < -0.3 is 14.6 Å². The molecular weight excluding hydrogens is 481 g/mol. The molecule has 1 aromatic carbocycles. The van der Waals surface area contributed by atoms with E-state index in [1.165, 1.54) is 23.9 Å². The topological polar surface area (TPSA) is 85.2 Å². The number of nitrogens with one attached hydrogen (secondary N) is 1. The normalized spacial score (nSPS) is 18.3. The van der Waals surface area contributed by atoms with Crippen molar-refractivity contribution < 1.29 is 22.7 Å². The van der Waals surface area contributed by atoms with Crippen molar-refractivity contribution in [3.63, 3.8) is 0 Å². The number of imidazole rings is 1. The maximum absolute atomic E-state index is 13.1. The average molecular weight is 505 g/mol. The Morgan fingerprint density at radius 2 is 2.00 bits per heavy atom. The molecule has 0 saturated carbocycles. The Kier molecular flexibility index (Phi) is 5.86. The third-order valence-electron chi connectivity index (χ3n) is 6.13. The smallest absolute Gasteiger partial charge is 0.416 e. The van der Waals surface area contributed by atoms with E-state index in [4.69, 9.17) is 4.74 Å². The first-order chi connectivity index (χ1) is 16.6. The lowest BCUT2D eigenvalue weighted by atomic mass is 10.0. The van der Waals surface area contributed by atoms with Crippen molar-refractivity contribution in [2.75, 3.05) is 16.8 Å². The van der Waals surface area contributed by atoms with Crippen molar-refractivity contribution in [3.05, 3.63) is 53.7 Å². The second-order valence-corrected chi connectivity index (χ2v) is 9.80. The van der Waals surface area contributed by atoms with Crippen LogP contribution in [0.2, 0.25) is 0 Å². The number of ether oxygens (including phenoxy) is 1. The maximum Gasteiger partial charge on any atom is 0.416 e. The molecule has 1 amide bonds. The second kappa shape index (κ2) is 8.74. The lowest BCUT2D eigenvalue weighted by Gasteiger charge is -2.24. The molecule has 184 valence electrons. The summed E-state index contributed by atoms with van der Waals surface area (Å²) in [5.41, 5.74) is 1.64. The van der Waals surface area contributed by atoms with Crippen LogP contribution in [0.5, 0.6) is 0 Å². The van der Waals surface area contributed by atoms with Crippen molar-refractivity contribution in [2.45, 2.75) is 49.7 Å². The molecule has 8 nitrogen and oxygen atoms in total. The van der Waals surface area contributed by atoms with Gasteiger partial charge in [0.2, 0.25) is 5.95 Å². The fourth-order valence-electron chi connectivity index (χ4n) is 4.26. The molecule has 0 bridgehead atoms. The Morgan fingerprint density at radius 1 is 1.20 bits per heavy atom. The Balaban J connectivity index is 1.38. The highest BCUT2D eigenvalue weighted by Gasteiger charge is 2.37. The quantitative estimate of drug-likeness (QED) is 0.495. The first-order valence-electron chi connectivity index (χ1n) is 11.1. The van der Waals surface area contributed by atoms with Crippen LogP contribution in [0, 0.1) is 5.92 Å². The molecule has 0 spiro atoms. The van der Waals surface area contributed by atoms with Gasteiger partial charge in [0.15, 0.2) is 0 Å². The van der Waals surface area contributed by atoms with Gasteiger partial charge in [-0.1, -0.05) is 13.8 Å². The molecule has 5 rings (SSSR count). The van der Waals surface area contributed by atoms with E-state index in [0.29, 0.717) is 34.7 Å². The molecule has 2 aromatic heterocycles. The van der Waals surface area contributed by atoms with Gasteiger partial charge in [0.1, 0.15) is 12.4 Å². The molecular formula is C23H23F3N6O2S. The van der Waals surface area contributed by atoms with Crippen LogP contribution in [0.4, 0.5) is 29.7 Å². The number of carbonyl (C=O) groups excluding carboxylic acids is 1. The molecule has 12 heteroatoms. The summed E-state index contributed by atoms with van der Waals surface area (Å²) < 4.78 is 46.4. The summed E-state index contributed by atoms with van der Waals surface area (Å²) in [6, 6.07) is 5.01. The number of alkyl halides is 3. The van der Waals surface area contributed by atoms with Crippen LogP contribution >= 0.6 is 11.8 Å². The molecule has 0 radical (unpaired) electrons. The fraction of sp³-hybridized carbons (Fsp3) is 0.391. The van der Waals surface area contributed by atoms with Gasteiger partial charge in [-0.05, 0) is 37.1 Å². The monoisotopic (exact) mass is 504 g/mol. The van der Waals surface area contributed by atoms with E-state index >= 15 is 0 Å². The summed E-state index contributed by atoms with van der Waals surface area (Å²) in [7, 11) is 0. The number of fused-ring (bicyclic) bond motifs is 3. The Morgan fingerprint density at radius 3 is 2.74 bits per heavy atom. The van der Waals surface area contributed by atoms with Gasteiger partial charge in [0, 0.05) is 16.8 Å². The van der Waals surface area contributed by atoms with E-state index in [-0.39, 0.29) is 18.0 Å². The van der Waals surface area contributed by atoms with Gasteiger partial charge in [-0.2, -0.15) is 18.2 Å². The Labute approximate surface area is 203 Å². The molecule has 1 fully saturated rings. The van der Waals surface area contributed by atoms with Crippen molar-refractivity contribution in [1.82, 2.24) is 19.5 Å². The van der Waals surface area contributed by atoms with Gasteiger partial charge in [-0.25, -0.2) is 14.8 Å². The third-order valence-corrected chi connectivity index (χ3v) is 7.18. The number of anilines is 2. The molecule has 3 aromatic rings. The summed E-state index contributed by atoms with van der Waals surface area (Å²) >= 11 is 1.35. The van der Waals surface area contributed by atoms with Crippen LogP contribution in [-0.2, 0) is 16.7 Å². The van der Waals surface area contributed by atoms with Crippen LogP contribution in [0.15, 0.2) is 41.7 Å². The first-order valence-corrected chi connectivity index (χ1v) is 12.1. The molecule has 2 atom stereocenters. The molecule has 4 heterocycles. The van der Waals surface area contributed by atoms with Crippen LogP contribution in [-0.4, -0.2) is 38.3 Å². The number of aromatic nitrogens is 4. The molecule has 2 aliphatic rings. The van der Waals surface area contributed by atoms with E-state index in [1.807, 2.05) is 25.3 Å².